The smallest absolute Gasteiger partial charge is 0.239 e. The number of anilines is 1. The van der Waals surface area contributed by atoms with E-state index in [0.29, 0.717) is 0 Å². The third kappa shape index (κ3) is 3.62. The average Bonchev–Trinajstić information content (AvgIpc) is 2.89. The van der Waals surface area contributed by atoms with Crippen LogP contribution in [0.1, 0.15) is 5.56 Å². The molecule has 1 heterocycles. The quantitative estimate of drug-likeness (QED) is 0.726. The van der Waals surface area contributed by atoms with Gasteiger partial charge in [0.1, 0.15) is 25.3 Å². The zero-order chi connectivity index (χ0) is 13.1. The topological polar surface area (TPSA) is 6.25 Å². The van der Waals surface area contributed by atoms with Gasteiger partial charge in [0, 0.05) is 5.02 Å². The van der Waals surface area contributed by atoms with Crippen LogP contribution in [0.3, 0.4) is 0 Å². The lowest BCUT2D eigenvalue weighted by Crippen LogP contribution is -3.00. The Morgan fingerprint density at radius 3 is 2.40 bits per heavy atom. The van der Waals surface area contributed by atoms with Gasteiger partial charge in [-0.2, -0.15) is 0 Å². The first kappa shape index (κ1) is 15.1. The summed E-state index contributed by atoms with van der Waals surface area (Å²) in [4.78, 5) is 2.26. The number of hydrogen-bond acceptors (Lipinski definition) is 1. The minimum absolute atomic E-state index is 0. The van der Waals surface area contributed by atoms with Gasteiger partial charge in [-0.3, -0.25) is 4.58 Å². The molecule has 0 spiro atoms. The minimum Gasteiger partial charge on any atom is -1.00 e. The highest BCUT2D eigenvalue weighted by molar-refractivity contribution is 6.30. The van der Waals surface area contributed by atoms with Crippen LogP contribution in [-0.4, -0.2) is 24.0 Å². The van der Waals surface area contributed by atoms with E-state index in [-0.39, 0.29) is 17.0 Å². The molecule has 2 aromatic carbocycles. The molecule has 3 rings (SSSR count). The number of nitrogens with zero attached hydrogens (tertiary/aromatic N) is 2. The van der Waals surface area contributed by atoms with E-state index in [1.807, 2.05) is 12.1 Å². The van der Waals surface area contributed by atoms with E-state index >= 15 is 0 Å². The standard InChI is InChI=1S/C16H16ClN2.BrH/c17-15-6-8-16(9-7-15)19-11-10-18(13-19)12-14-4-2-1-3-5-14;/h1-9,13H,10-12H2;1H/q+1;/p-1. The zero-order valence-electron chi connectivity index (χ0n) is 11.0. The van der Waals surface area contributed by atoms with E-state index in [0.717, 1.165) is 24.7 Å². The van der Waals surface area contributed by atoms with Gasteiger partial charge in [-0.1, -0.05) is 41.9 Å². The lowest BCUT2D eigenvalue weighted by Gasteiger charge is -2.05. The SMILES string of the molecule is Clc1ccc(N2C=[N+](Cc3ccccc3)CC2)cc1.[Br-]. The van der Waals surface area contributed by atoms with Crippen LogP contribution in [0.4, 0.5) is 5.69 Å². The van der Waals surface area contributed by atoms with Crippen LogP contribution >= 0.6 is 11.6 Å². The Morgan fingerprint density at radius 2 is 1.70 bits per heavy atom. The first-order valence-electron chi connectivity index (χ1n) is 6.46. The third-order valence-electron chi connectivity index (χ3n) is 3.32. The van der Waals surface area contributed by atoms with Crippen molar-refractivity contribution in [2.75, 3.05) is 18.0 Å². The normalized spacial score (nSPS) is 13.8. The van der Waals surface area contributed by atoms with E-state index in [2.05, 4.69) is 58.3 Å². The largest absolute Gasteiger partial charge is 1.00 e. The van der Waals surface area contributed by atoms with Crippen molar-refractivity contribution >= 4 is 23.6 Å². The molecule has 4 heteroatoms. The molecule has 2 aromatic rings. The molecule has 1 aliphatic heterocycles. The first-order chi connectivity index (χ1) is 9.31. The Morgan fingerprint density at radius 1 is 1.00 bits per heavy atom. The molecule has 0 aliphatic carbocycles. The van der Waals surface area contributed by atoms with Crippen molar-refractivity contribution in [1.29, 1.82) is 0 Å². The predicted molar refractivity (Wildman–Crippen MR) is 80.1 cm³/mol. The fraction of sp³-hybridized carbons (Fsp3) is 0.188. The summed E-state index contributed by atoms with van der Waals surface area (Å²) in [5, 5.41) is 0.782. The molecule has 0 radical (unpaired) electrons. The summed E-state index contributed by atoms with van der Waals surface area (Å²) in [6.45, 7) is 3.04. The van der Waals surface area contributed by atoms with Gasteiger partial charge < -0.3 is 17.0 Å². The summed E-state index contributed by atoms with van der Waals surface area (Å²) in [6.07, 6.45) is 2.19. The molecule has 0 N–H and O–H groups in total. The first-order valence-corrected chi connectivity index (χ1v) is 6.84. The Balaban J connectivity index is 0.00000147. The summed E-state index contributed by atoms with van der Waals surface area (Å²) in [5.74, 6) is 0. The van der Waals surface area contributed by atoms with Gasteiger partial charge >= 0.3 is 0 Å². The van der Waals surface area contributed by atoms with Crippen LogP contribution < -0.4 is 21.9 Å². The molecule has 0 saturated heterocycles. The highest BCUT2D eigenvalue weighted by Crippen LogP contribution is 2.18. The minimum atomic E-state index is 0. The van der Waals surface area contributed by atoms with Gasteiger partial charge in [-0.15, -0.1) is 0 Å². The second-order valence-electron chi connectivity index (χ2n) is 4.74. The van der Waals surface area contributed by atoms with Gasteiger partial charge in [-0.05, 0) is 29.8 Å². The van der Waals surface area contributed by atoms with E-state index < -0.39 is 0 Å². The summed E-state index contributed by atoms with van der Waals surface area (Å²) in [5.41, 5.74) is 2.54. The van der Waals surface area contributed by atoms with Crippen LogP contribution in [0.25, 0.3) is 0 Å². The van der Waals surface area contributed by atoms with Crippen molar-refractivity contribution < 1.29 is 21.6 Å². The number of rotatable bonds is 3. The highest BCUT2D eigenvalue weighted by atomic mass is 79.9. The fourth-order valence-electron chi connectivity index (χ4n) is 2.31. The number of benzene rings is 2. The van der Waals surface area contributed by atoms with Crippen molar-refractivity contribution in [1.82, 2.24) is 0 Å². The van der Waals surface area contributed by atoms with E-state index in [4.69, 9.17) is 11.6 Å². The number of hydrogen-bond donors (Lipinski definition) is 0. The highest BCUT2D eigenvalue weighted by Gasteiger charge is 2.20. The summed E-state index contributed by atoms with van der Waals surface area (Å²) < 4.78 is 2.34. The average molecular weight is 352 g/mol. The second kappa shape index (κ2) is 6.91. The Kier molecular flexibility index (Phi) is 5.21. The second-order valence-corrected chi connectivity index (χ2v) is 5.18. The maximum Gasteiger partial charge on any atom is 0.239 e. The van der Waals surface area contributed by atoms with Crippen LogP contribution in [-0.2, 0) is 6.54 Å². The molecule has 20 heavy (non-hydrogen) atoms. The van der Waals surface area contributed by atoms with Gasteiger partial charge in [0.15, 0.2) is 0 Å². The van der Waals surface area contributed by atoms with Gasteiger partial charge in [0.25, 0.3) is 0 Å². The van der Waals surface area contributed by atoms with Gasteiger partial charge in [0.2, 0.25) is 6.34 Å². The molecule has 0 bridgehead atoms. The Hall–Kier alpha value is -1.32. The summed E-state index contributed by atoms with van der Waals surface area (Å²) >= 11 is 5.92. The maximum absolute atomic E-state index is 5.92. The molecular weight excluding hydrogens is 336 g/mol. The fourth-order valence-corrected chi connectivity index (χ4v) is 2.44. The zero-order valence-corrected chi connectivity index (χ0v) is 13.4. The van der Waals surface area contributed by atoms with E-state index in [1.165, 1.54) is 11.3 Å². The summed E-state index contributed by atoms with van der Waals surface area (Å²) in [6, 6.07) is 18.5. The molecular formula is C16H16BrClN2. The molecule has 0 aromatic heterocycles. The van der Waals surface area contributed by atoms with Crippen LogP contribution in [0.15, 0.2) is 54.6 Å². The molecule has 0 fully saturated rings. The van der Waals surface area contributed by atoms with Crippen molar-refractivity contribution in [3.8, 4) is 0 Å². The number of halogens is 2. The van der Waals surface area contributed by atoms with Gasteiger partial charge in [-0.25, -0.2) is 4.90 Å². The van der Waals surface area contributed by atoms with Crippen LogP contribution in [0.2, 0.25) is 5.02 Å². The van der Waals surface area contributed by atoms with E-state index in [9.17, 15) is 0 Å². The molecule has 0 atom stereocenters. The molecule has 104 valence electrons. The van der Waals surface area contributed by atoms with Crippen LogP contribution in [0, 0.1) is 0 Å². The van der Waals surface area contributed by atoms with Crippen molar-refractivity contribution in [3.05, 3.63) is 65.2 Å². The molecule has 0 saturated carbocycles. The lowest BCUT2D eigenvalue weighted by molar-refractivity contribution is -0.530. The molecule has 0 unspecified atom stereocenters. The maximum atomic E-state index is 5.92. The van der Waals surface area contributed by atoms with Crippen molar-refractivity contribution in [2.24, 2.45) is 0 Å². The molecule has 1 aliphatic rings. The molecule has 0 amide bonds. The van der Waals surface area contributed by atoms with Gasteiger partial charge in [0.05, 0.1) is 0 Å². The van der Waals surface area contributed by atoms with Crippen molar-refractivity contribution in [3.63, 3.8) is 0 Å². The Bertz CT molecular complexity index is 581. The van der Waals surface area contributed by atoms with E-state index in [1.54, 1.807) is 0 Å². The monoisotopic (exact) mass is 350 g/mol. The lowest BCUT2D eigenvalue weighted by atomic mass is 10.2. The van der Waals surface area contributed by atoms with Crippen molar-refractivity contribution in [2.45, 2.75) is 6.54 Å². The third-order valence-corrected chi connectivity index (χ3v) is 3.57. The Labute approximate surface area is 135 Å². The molecule has 2 nitrogen and oxygen atoms in total. The summed E-state index contributed by atoms with van der Waals surface area (Å²) in [7, 11) is 0. The van der Waals surface area contributed by atoms with Crippen LogP contribution in [0.5, 0.6) is 0 Å². The predicted octanol–water partition coefficient (Wildman–Crippen LogP) is 0.405.